The third kappa shape index (κ3) is 4.37. The van der Waals surface area contributed by atoms with Crippen LogP contribution in [0.25, 0.3) is 0 Å². The summed E-state index contributed by atoms with van der Waals surface area (Å²) in [7, 11) is 3.12. The van der Waals surface area contributed by atoms with Crippen LogP contribution >= 0.6 is 0 Å². The van der Waals surface area contributed by atoms with Crippen molar-refractivity contribution in [1.29, 1.82) is 0 Å². The van der Waals surface area contributed by atoms with Gasteiger partial charge in [0, 0.05) is 31.0 Å². The lowest BCUT2D eigenvalue weighted by Crippen LogP contribution is -2.37. The van der Waals surface area contributed by atoms with Crippen LogP contribution in [0.5, 0.6) is 11.5 Å². The molecule has 0 saturated carbocycles. The van der Waals surface area contributed by atoms with Crippen LogP contribution in [0.4, 0.5) is 0 Å². The SMILES string of the molecule is COc1cccc(CN(CC(C)C)C(=O)c2ncc[nH]c2=O)c1OC. The molecule has 2 aromatic rings. The van der Waals surface area contributed by atoms with E-state index in [2.05, 4.69) is 9.97 Å². The van der Waals surface area contributed by atoms with E-state index < -0.39 is 11.5 Å². The number of rotatable bonds is 7. The van der Waals surface area contributed by atoms with Crippen LogP contribution in [0.3, 0.4) is 0 Å². The van der Waals surface area contributed by atoms with Crippen LogP contribution < -0.4 is 15.0 Å². The van der Waals surface area contributed by atoms with Gasteiger partial charge in [0.25, 0.3) is 11.5 Å². The molecule has 0 radical (unpaired) electrons. The topological polar surface area (TPSA) is 84.5 Å². The molecule has 7 heteroatoms. The number of hydrogen-bond donors (Lipinski definition) is 1. The van der Waals surface area contributed by atoms with Crippen molar-refractivity contribution < 1.29 is 14.3 Å². The van der Waals surface area contributed by atoms with Crippen LogP contribution in [0.2, 0.25) is 0 Å². The average molecular weight is 345 g/mol. The smallest absolute Gasteiger partial charge is 0.279 e. The van der Waals surface area contributed by atoms with E-state index in [0.717, 1.165) is 5.56 Å². The number of aromatic nitrogens is 2. The number of H-pyrrole nitrogens is 1. The zero-order valence-electron chi connectivity index (χ0n) is 14.9. The van der Waals surface area contributed by atoms with Crippen molar-refractivity contribution in [2.24, 2.45) is 5.92 Å². The largest absolute Gasteiger partial charge is 0.493 e. The predicted octanol–water partition coefficient (Wildman–Crippen LogP) is 2.09. The fourth-order valence-corrected chi connectivity index (χ4v) is 2.60. The van der Waals surface area contributed by atoms with E-state index in [1.165, 1.54) is 12.4 Å². The Balaban J connectivity index is 2.38. The van der Waals surface area contributed by atoms with E-state index in [4.69, 9.17) is 9.47 Å². The zero-order valence-corrected chi connectivity index (χ0v) is 14.9. The van der Waals surface area contributed by atoms with Crippen LogP contribution in [0.15, 0.2) is 35.4 Å². The maximum atomic E-state index is 12.8. The van der Waals surface area contributed by atoms with Crippen molar-refractivity contribution >= 4 is 5.91 Å². The molecule has 1 N–H and O–H groups in total. The molecule has 0 fully saturated rings. The molecule has 7 nitrogen and oxygen atoms in total. The Morgan fingerprint density at radius 3 is 2.64 bits per heavy atom. The summed E-state index contributed by atoms with van der Waals surface area (Å²) in [6.45, 7) is 4.78. The highest BCUT2D eigenvalue weighted by atomic mass is 16.5. The molecule has 0 atom stereocenters. The highest BCUT2D eigenvalue weighted by molar-refractivity contribution is 5.91. The van der Waals surface area contributed by atoms with Gasteiger partial charge in [-0.3, -0.25) is 9.59 Å². The lowest BCUT2D eigenvalue weighted by molar-refractivity contribution is 0.0713. The number of ether oxygens (including phenoxy) is 2. The van der Waals surface area contributed by atoms with Gasteiger partial charge in [0.05, 0.1) is 14.2 Å². The van der Waals surface area contributed by atoms with Gasteiger partial charge in [0.1, 0.15) is 0 Å². The molecule has 1 heterocycles. The summed E-state index contributed by atoms with van der Waals surface area (Å²) < 4.78 is 10.7. The van der Waals surface area contributed by atoms with Gasteiger partial charge in [-0.15, -0.1) is 0 Å². The van der Waals surface area contributed by atoms with Crippen molar-refractivity contribution in [3.8, 4) is 11.5 Å². The van der Waals surface area contributed by atoms with E-state index in [1.807, 2.05) is 26.0 Å². The van der Waals surface area contributed by atoms with Gasteiger partial charge in [-0.25, -0.2) is 4.98 Å². The lowest BCUT2D eigenvalue weighted by Gasteiger charge is -2.25. The molecule has 0 aliphatic carbocycles. The minimum absolute atomic E-state index is 0.120. The molecule has 0 unspecified atom stereocenters. The zero-order chi connectivity index (χ0) is 18.4. The van der Waals surface area contributed by atoms with Crippen LogP contribution in [-0.2, 0) is 6.54 Å². The minimum atomic E-state index is -0.501. The Bertz CT molecular complexity index is 786. The molecule has 0 aliphatic heterocycles. The molecule has 25 heavy (non-hydrogen) atoms. The van der Waals surface area contributed by atoms with Gasteiger partial charge in [-0.2, -0.15) is 0 Å². The number of hydrogen-bond acceptors (Lipinski definition) is 5. The number of nitrogens with one attached hydrogen (secondary N) is 1. The molecular weight excluding hydrogens is 322 g/mol. The maximum absolute atomic E-state index is 12.8. The molecule has 1 aromatic carbocycles. The van der Waals surface area contributed by atoms with Gasteiger partial charge in [0.15, 0.2) is 17.2 Å². The normalized spacial score (nSPS) is 10.6. The minimum Gasteiger partial charge on any atom is -0.493 e. The molecular formula is C18H23N3O4. The van der Waals surface area contributed by atoms with Crippen LogP contribution in [-0.4, -0.2) is 41.5 Å². The number of aromatic amines is 1. The summed E-state index contributed by atoms with van der Waals surface area (Å²) in [6, 6.07) is 5.49. The fourth-order valence-electron chi connectivity index (χ4n) is 2.60. The first-order valence-electron chi connectivity index (χ1n) is 8.00. The third-order valence-electron chi connectivity index (χ3n) is 3.63. The fraction of sp³-hybridized carbons (Fsp3) is 0.389. The Hall–Kier alpha value is -2.83. The van der Waals surface area contributed by atoms with Crippen molar-refractivity contribution in [3.63, 3.8) is 0 Å². The summed E-state index contributed by atoms with van der Waals surface area (Å²) in [5.74, 6) is 0.970. The molecule has 0 bridgehead atoms. The number of methoxy groups -OCH3 is 2. The number of carbonyl (C=O) groups excluding carboxylic acids is 1. The third-order valence-corrected chi connectivity index (χ3v) is 3.63. The highest BCUT2D eigenvalue weighted by Gasteiger charge is 2.23. The quantitative estimate of drug-likeness (QED) is 0.830. The van der Waals surface area contributed by atoms with Gasteiger partial charge in [-0.1, -0.05) is 26.0 Å². The highest BCUT2D eigenvalue weighted by Crippen LogP contribution is 2.31. The second-order valence-electron chi connectivity index (χ2n) is 6.00. The molecule has 1 amide bonds. The first-order chi connectivity index (χ1) is 12.0. The summed E-state index contributed by atoms with van der Waals surface area (Å²) >= 11 is 0. The molecule has 134 valence electrons. The second-order valence-corrected chi connectivity index (χ2v) is 6.00. The summed E-state index contributed by atoms with van der Waals surface area (Å²) in [5, 5.41) is 0. The lowest BCUT2D eigenvalue weighted by atomic mass is 10.1. The number of amides is 1. The Labute approximate surface area is 146 Å². The van der Waals surface area contributed by atoms with Gasteiger partial charge < -0.3 is 19.4 Å². The Kier molecular flexibility index (Phi) is 6.16. The van der Waals surface area contributed by atoms with Gasteiger partial charge in [-0.05, 0) is 12.0 Å². The first-order valence-corrected chi connectivity index (χ1v) is 8.00. The average Bonchev–Trinajstić information content (AvgIpc) is 2.60. The maximum Gasteiger partial charge on any atom is 0.279 e. The van der Waals surface area contributed by atoms with Gasteiger partial charge >= 0.3 is 0 Å². The summed E-state index contributed by atoms with van der Waals surface area (Å²) in [4.78, 5) is 32.8. The second kappa shape index (κ2) is 8.32. The molecule has 2 rings (SSSR count). The number of nitrogens with zero attached hydrogens (tertiary/aromatic N) is 2. The van der Waals surface area contributed by atoms with Crippen molar-refractivity contribution in [2.45, 2.75) is 20.4 Å². The van der Waals surface area contributed by atoms with Crippen molar-refractivity contribution in [3.05, 3.63) is 52.2 Å². The Morgan fingerprint density at radius 2 is 2.04 bits per heavy atom. The van der Waals surface area contributed by atoms with E-state index in [0.29, 0.717) is 18.0 Å². The molecule has 0 saturated heterocycles. The monoisotopic (exact) mass is 345 g/mol. The van der Waals surface area contributed by atoms with E-state index in [9.17, 15) is 9.59 Å². The van der Waals surface area contributed by atoms with E-state index in [1.54, 1.807) is 25.2 Å². The van der Waals surface area contributed by atoms with E-state index >= 15 is 0 Å². The molecule has 0 spiro atoms. The molecule has 1 aromatic heterocycles. The summed E-state index contributed by atoms with van der Waals surface area (Å²) in [5.41, 5.74) is 0.173. The van der Waals surface area contributed by atoms with Crippen molar-refractivity contribution in [2.75, 3.05) is 20.8 Å². The number of carbonyl (C=O) groups is 1. The van der Waals surface area contributed by atoms with Gasteiger partial charge in [0.2, 0.25) is 0 Å². The number of benzene rings is 1. The molecule has 0 aliphatic rings. The van der Waals surface area contributed by atoms with Crippen molar-refractivity contribution in [1.82, 2.24) is 14.9 Å². The standard InChI is InChI=1S/C18H23N3O4/c1-12(2)10-21(18(23)15-17(22)20-9-8-19-15)11-13-6-5-7-14(24-3)16(13)25-4/h5-9,12H,10-11H2,1-4H3,(H,20,22). The number of para-hydroxylation sites is 1. The van der Waals surface area contributed by atoms with Crippen LogP contribution in [0, 0.1) is 5.92 Å². The van der Waals surface area contributed by atoms with E-state index in [-0.39, 0.29) is 18.2 Å². The van der Waals surface area contributed by atoms with Crippen LogP contribution in [0.1, 0.15) is 29.9 Å². The Morgan fingerprint density at radius 1 is 1.28 bits per heavy atom. The first kappa shape index (κ1) is 18.5. The summed E-state index contributed by atoms with van der Waals surface area (Å²) in [6.07, 6.45) is 2.80. The predicted molar refractivity (Wildman–Crippen MR) is 94.0 cm³/mol.